The highest BCUT2D eigenvalue weighted by atomic mass is 16.5. The first-order chi connectivity index (χ1) is 12.0. The molecular weight excluding hydrogens is 316 g/mol. The summed E-state index contributed by atoms with van der Waals surface area (Å²) in [6.45, 7) is 3.95. The predicted octanol–water partition coefficient (Wildman–Crippen LogP) is 3.98. The molecule has 1 amide bonds. The molecule has 0 saturated heterocycles. The molecule has 0 radical (unpaired) electrons. The van der Waals surface area contributed by atoms with E-state index in [0.717, 1.165) is 33.5 Å². The Balaban J connectivity index is 1.87. The van der Waals surface area contributed by atoms with E-state index in [2.05, 4.69) is 10.3 Å². The summed E-state index contributed by atoms with van der Waals surface area (Å²) in [5.74, 6) is 1.33. The van der Waals surface area contributed by atoms with E-state index >= 15 is 0 Å². The lowest BCUT2D eigenvalue weighted by Gasteiger charge is -2.11. The van der Waals surface area contributed by atoms with Crippen LogP contribution in [0, 0.1) is 13.8 Å². The second-order valence-electron chi connectivity index (χ2n) is 6.07. The molecule has 130 valence electrons. The Kier molecular flexibility index (Phi) is 4.65. The smallest absolute Gasteiger partial charge is 0.228 e. The molecule has 3 rings (SSSR count). The van der Waals surface area contributed by atoms with Gasteiger partial charge in [-0.1, -0.05) is 6.07 Å². The van der Waals surface area contributed by atoms with Crippen LogP contribution in [-0.4, -0.2) is 25.1 Å². The molecule has 0 spiro atoms. The molecule has 0 atom stereocenters. The van der Waals surface area contributed by atoms with E-state index in [0.29, 0.717) is 11.4 Å². The number of rotatable bonds is 5. The summed E-state index contributed by atoms with van der Waals surface area (Å²) in [4.78, 5) is 15.9. The molecule has 3 aromatic rings. The van der Waals surface area contributed by atoms with Gasteiger partial charge in [0.25, 0.3) is 0 Å². The third kappa shape index (κ3) is 3.45. The van der Waals surface area contributed by atoms with Crippen molar-refractivity contribution in [2.24, 2.45) is 0 Å². The van der Waals surface area contributed by atoms with Crippen LogP contribution in [0.3, 0.4) is 0 Å². The van der Waals surface area contributed by atoms with Crippen LogP contribution in [0.25, 0.3) is 10.9 Å². The average molecular weight is 338 g/mol. The van der Waals surface area contributed by atoms with Crippen LogP contribution in [-0.2, 0) is 11.2 Å². The van der Waals surface area contributed by atoms with Crippen LogP contribution < -0.4 is 14.8 Å². The number of anilines is 1. The van der Waals surface area contributed by atoms with E-state index in [1.165, 1.54) is 0 Å². The molecule has 2 N–H and O–H groups in total. The van der Waals surface area contributed by atoms with E-state index in [9.17, 15) is 4.79 Å². The summed E-state index contributed by atoms with van der Waals surface area (Å²) in [6.07, 6.45) is 0.274. The Morgan fingerprint density at radius 3 is 2.60 bits per heavy atom. The fraction of sp³-hybridized carbons (Fsp3) is 0.250. The van der Waals surface area contributed by atoms with Crippen molar-refractivity contribution < 1.29 is 14.3 Å². The van der Waals surface area contributed by atoms with Gasteiger partial charge in [-0.15, -0.1) is 0 Å². The molecule has 0 aliphatic carbocycles. The number of ether oxygens (including phenoxy) is 2. The molecule has 0 bridgehead atoms. The number of amides is 1. The monoisotopic (exact) mass is 338 g/mol. The molecule has 0 unspecified atom stereocenters. The van der Waals surface area contributed by atoms with Crippen molar-refractivity contribution in [3.05, 3.63) is 53.2 Å². The van der Waals surface area contributed by atoms with Crippen molar-refractivity contribution in [1.29, 1.82) is 0 Å². The molecule has 2 aromatic carbocycles. The van der Waals surface area contributed by atoms with Gasteiger partial charge in [-0.05, 0) is 55.3 Å². The number of carbonyl (C=O) groups excluding carboxylic acids is 1. The van der Waals surface area contributed by atoms with Gasteiger partial charge in [-0.25, -0.2) is 0 Å². The number of benzene rings is 2. The number of aryl methyl sites for hydroxylation is 2. The van der Waals surface area contributed by atoms with Gasteiger partial charge in [0.05, 0.1) is 26.3 Å². The van der Waals surface area contributed by atoms with Gasteiger partial charge in [0.15, 0.2) is 0 Å². The fourth-order valence-electron chi connectivity index (χ4n) is 2.99. The Morgan fingerprint density at radius 2 is 1.88 bits per heavy atom. The number of hydrogen-bond acceptors (Lipinski definition) is 3. The van der Waals surface area contributed by atoms with Crippen molar-refractivity contribution in [2.75, 3.05) is 19.5 Å². The zero-order chi connectivity index (χ0) is 18.0. The van der Waals surface area contributed by atoms with Crippen molar-refractivity contribution in [2.45, 2.75) is 20.3 Å². The van der Waals surface area contributed by atoms with Crippen molar-refractivity contribution in [3.63, 3.8) is 0 Å². The molecule has 1 heterocycles. The highest BCUT2D eigenvalue weighted by Crippen LogP contribution is 2.28. The first-order valence-electron chi connectivity index (χ1n) is 8.11. The summed E-state index contributed by atoms with van der Waals surface area (Å²) in [5.41, 5.74) is 4.69. The lowest BCUT2D eigenvalue weighted by Crippen LogP contribution is -2.15. The van der Waals surface area contributed by atoms with E-state index in [-0.39, 0.29) is 12.3 Å². The third-order valence-corrected chi connectivity index (χ3v) is 4.29. The number of nitrogens with one attached hydrogen (secondary N) is 2. The number of methoxy groups -OCH3 is 2. The maximum atomic E-state index is 12.6. The predicted molar refractivity (Wildman–Crippen MR) is 99.7 cm³/mol. The minimum Gasteiger partial charge on any atom is -0.497 e. The standard InChI is InChI=1S/C20H22N2O3/c1-12-5-8-19(25-4)18(9-12)22-20(23)11-15-13(2)21-17-7-6-14(24-3)10-16(15)17/h5-10,21H,11H2,1-4H3,(H,22,23). The largest absolute Gasteiger partial charge is 0.497 e. The van der Waals surface area contributed by atoms with Gasteiger partial charge in [-0.3, -0.25) is 4.79 Å². The van der Waals surface area contributed by atoms with E-state index < -0.39 is 0 Å². The average Bonchev–Trinajstić information content (AvgIpc) is 2.90. The minimum atomic E-state index is -0.0873. The number of H-pyrrole nitrogens is 1. The molecule has 0 aliphatic rings. The summed E-state index contributed by atoms with van der Waals surface area (Å²) < 4.78 is 10.6. The zero-order valence-electron chi connectivity index (χ0n) is 14.9. The number of carbonyl (C=O) groups is 1. The number of hydrogen-bond donors (Lipinski definition) is 2. The molecule has 1 aromatic heterocycles. The molecule has 25 heavy (non-hydrogen) atoms. The maximum Gasteiger partial charge on any atom is 0.228 e. The topological polar surface area (TPSA) is 63.4 Å². The van der Waals surface area contributed by atoms with Gasteiger partial charge in [-0.2, -0.15) is 0 Å². The lowest BCUT2D eigenvalue weighted by atomic mass is 10.1. The molecule has 0 fully saturated rings. The summed E-state index contributed by atoms with van der Waals surface area (Å²) >= 11 is 0. The molecule has 5 nitrogen and oxygen atoms in total. The van der Waals surface area contributed by atoms with Crippen molar-refractivity contribution in [3.8, 4) is 11.5 Å². The Hall–Kier alpha value is -2.95. The van der Waals surface area contributed by atoms with Crippen LogP contribution >= 0.6 is 0 Å². The summed E-state index contributed by atoms with van der Waals surface area (Å²) in [5, 5.41) is 3.95. The second kappa shape index (κ2) is 6.89. The van der Waals surface area contributed by atoms with Gasteiger partial charge in [0.1, 0.15) is 11.5 Å². The Labute approximate surface area is 147 Å². The SMILES string of the molecule is COc1ccc2[nH]c(C)c(CC(=O)Nc3cc(C)ccc3OC)c2c1. The van der Waals surface area contributed by atoms with Gasteiger partial charge >= 0.3 is 0 Å². The van der Waals surface area contributed by atoms with E-state index in [4.69, 9.17) is 9.47 Å². The second-order valence-corrected chi connectivity index (χ2v) is 6.07. The van der Waals surface area contributed by atoms with E-state index in [1.54, 1.807) is 14.2 Å². The highest BCUT2D eigenvalue weighted by Gasteiger charge is 2.15. The normalized spacial score (nSPS) is 10.7. The zero-order valence-corrected chi connectivity index (χ0v) is 14.9. The minimum absolute atomic E-state index is 0.0873. The summed E-state index contributed by atoms with van der Waals surface area (Å²) in [7, 11) is 3.23. The highest BCUT2D eigenvalue weighted by molar-refractivity contribution is 5.97. The molecule has 0 aliphatic heterocycles. The molecule has 5 heteroatoms. The van der Waals surface area contributed by atoms with Crippen LogP contribution in [0.5, 0.6) is 11.5 Å². The fourth-order valence-corrected chi connectivity index (χ4v) is 2.99. The van der Waals surface area contributed by atoms with Gasteiger partial charge in [0.2, 0.25) is 5.91 Å². The van der Waals surface area contributed by atoms with Crippen LogP contribution in [0.4, 0.5) is 5.69 Å². The molecular formula is C20H22N2O3. The van der Waals surface area contributed by atoms with E-state index in [1.807, 2.05) is 50.2 Å². The first kappa shape index (κ1) is 16.9. The van der Waals surface area contributed by atoms with Crippen LogP contribution in [0.15, 0.2) is 36.4 Å². The number of fused-ring (bicyclic) bond motifs is 1. The number of aromatic amines is 1. The van der Waals surface area contributed by atoms with Crippen LogP contribution in [0.1, 0.15) is 16.8 Å². The Morgan fingerprint density at radius 1 is 1.08 bits per heavy atom. The maximum absolute atomic E-state index is 12.6. The first-order valence-corrected chi connectivity index (χ1v) is 8.11. The molecule has 0 saturated carbocycles. The van der Waals surface area contributed by atoms with Crippen LogP contribution in [0.2, 0.25) is 0 Å². The third-order valence-electron chi connectivity index (χ3n) is 4.29. The quantitative estimate of drug-likeness (QED) is 0.739. The van der Waals surface area contributed by atoms with Gasteiger partial charge < -0.3 is 19.8 Å². The van der Waals surface area contributed by atoms with Crippen molar-refractivity contribution >= 4 is 22.5 Å². The van der Waals surface area contributed by atoms with Crippen molar-refractivity contribution in [1.82, 2.24) is 4.98 Å². The Bertz CT molecular complexity index is 928. The lowest BCUT2D eigenvalue weighted by molar-refractivity contribution is -0.115. The number of aromatic nitrogens is 1. The summed E-state index contributed by atoms with van der Waals surface area (Å²) in [6, 6.07) is 11.5. The van der Waals surface area contributed by atoms with Gasteiger partial charge in [0, 0.05) is 16.6 Å².